The smallest absolute Gasteiger partial charge is 0.282 e. The lowest BCUT2D eigenvalue weighted by atomic mass is 10.2. The molecule has 0 spiro atoms. The number of para-hydroxylation sites is 1. The lowest BCUT2D eigenvalue weighted by Crippen LogP contribution is -3.19. The summed E-state index contributed by atoms with van der Waals surface area (Å²) in [6.07, 6.45) is 0. The van der Waals surface area contributed by atoms with Crippen LogP contribution in [-0.2, 0) is 4.79 Å². The quantitative estimate of drug-likeness (QED) is 0.806. The van der Waals surface area contributed by atoms with E-state index in [9.17, 15) is 4.79 Å². The molecular weight excluding hydrogens is 393 g/mol. The summed E-state index contributed by atoms with van der Waals surface area (Å²) in [6, 6.07) is 12.7. The van der Waals surface area contributed by atoms with Crippen molar-refractivity contribution in [1.82, 2.24) is 0 Å². The Morgan fingerprint density at radius 3 is 2.42 bits per heavy atom. The van der Waals surface area contributed by atoms with Crippen LogP contribution < -0.4 is 15.1 Å². The van der Waals surface area contributed by atoms with E-state index in [1.807, 2.05) is 31.2 Å². The van der Waals surface area contributed by atoms with Gasteiger partial charge in [-0.2, -0.15) is 0 Å². The van der Waals surface area contributed by atoms with Gasteiger partial charge in [-0.25, -0.2) is 0 Å². The van der Waals surface area contributed by atoms with E-state index >= 15 is 0 Å². The number of rotatable bonds is 4. The van der Waals surface area contributed by atoms with Gasteiger partial charge in [0.15, 0.2) is 6.04 Å². The Kier molecular flexibility index (Phi) is 6.30. The van der Waals surface area contributed by atoms with Crippen molar-refractivity contribution in [3.05, 3.63) is 57.5 Å². The second kappa shape index (κ2) is 8.49. The second-order valence-corrected chi connectivity index (χ2v) is 7.68. The van der Waals surface area contributed by atoms with Gasteiger partial charge in [0.2, 0.25) is 0 Å². The van der Waals surface area contributed by atoms with E-state index in [-0.39, 0.29) is 11.9 Å². The Balaban J connectivity index is 1.58. The Labute approximate surface area is 168 Å². The van der Waals surface area contributed by atoms with E-state index in [0.717, 1.165) is 36.9 Å². The van der Waals surface area contributed by atoms with Crippen LogP contribution >= 0.6 is 34.8 Å². The number of carbonyl (C=O) groups is 1. The number of halogens is 3. The molecule has 1 aliphatic heterocycles. The highest BCUT2D eigenvalue weighted by atomic mass is 35.5. The Hall–Kier alpha value is -1.46. The molecule has 0 saturated carbocycles. The number of hydrogen-bond acceptors (Lipinski definition) is 2. The molecule has 1 amide bonds. The normalized spacial score (nSPS) is 16.4. The molecule has 1 aliphatic rings. The summed E-state index contributed by atoms with van der Waals surface area (Å²) in [4.78, 5) is 16.1. The van der Waals surface area contributed by atoms with Gasteiger partial charge in [-0.15, -0.1) is 0 Å². The number of amides is 1. The molecule has 4 nitrogen and oxygen atoms in total. The van der Waals surface area contributed by atoms with E-state index in [4.69, 9.17) is 34.8 Å². The number of nitrogens with zero attached hydrogens (tertiary/aromatic N) is 1. The Morgan fingerprint density at radius 2 is 1.77 bits per heavy atom. The van der Waals surface area contributed by atoms with Crippen LogP contribution in [0, 0.1) is 0 Å². The van der Waals surface area contributed by atoms with Gasteiger partial charge in [0.25, 0.3) is 5.91 Å². The fraction of sp³-hybridized carbons (Fsp3) is 0.316. The number of benzene rings is 2. The monoisotopic (exact) mass is 412 g/mol. The molecule has 1 atom stereocenters. The molecule has 2 N–H and O–H groups in total. The Bertz CT molecular complexity index is 791. The van der Waals surface area contributed by atoms with Gasteiger partial charge in [0.1, 0.15) is 0 Å². The minimum Gasteiger partial charge on any atom is -0.359 e. The summed E-state index contributed by atoms with van der Waals surface area (Å²) in [6.45, 7) is 5.40. The highest BCUT2D eigenvalue weighted by Crippen LogP contribution is 2.26. The molecule has 1 saturated heterocycles. The highest BCUT2D eigenvalue weighted by molar-refractivity contribution is 6.36. The average Bonchev–Trinajstić information content (AvgIpc) is 2.64. The van der Waals surface area contributed by atoms with Crippen molar-refractivity contribution in [2.45, 2.75) is 13.0 Å². The van der Waals surface area contributed by atoms with Crippen LogP contribution in [0.2, 0.25) is 15.1 Å². The minimum absolute atomic E-state index is 0.0459. The molecule has 1 heterocycles. The van der Waals surface area contributed by atoms with Crippen LogP contribution in [-0.4, -0.2) is 38.1 Å². The molecule has 3 rings (SSSR count). The van der Waals surface area contributed by atoms with Gasteiger partial charge in [0.05, 0.1) is 47.6 Å². The summed E-state index contributed by atoms with van der Waals surface area (Å²) >= 11 is 18.3. The van der Waals surface area contributed by atoms with Crippen molar-refractivity contribution in [1.29, 1.82) is 0 Å². The molecule has 26 heavy (non-hydrogen) atoms. The summed E-state index contributed by atoms with van der Waals surface area (Å²) in [5.41, 5.74) is 1.64. The topological polar surface area (TPSA) is 36.8 Å². The zero-order chi connectivity index (χ0) is 18.7. The number of nitrogens with one attached hydrogen (secondary N) is 2. The predicted octanol–water partition coefficient (Wildman–Crippen LogP) is 3.38. The van der Waals surface area contributed by atoms with E-state index < -0.39 is 0 Å². The predicted molar refractivity (Wildman–Crippen MR) is 109 cm³/mol. The third-order valence-electron chi connectivity index (χ3n) is 4.79. The van der Waals surface area contributed by atoms with Gasteiger partial charge in [0, 0.05) is 5.02 Å². The first-order chi connectivity index (χ1) is 12.5. The van der Waals surface area contributed by atoms with Crippen LogP contribution in [0.3, 0.4) is 0 Å². The largest absolute Gasteiger partial charge is 0.359 e. The average molecular weight is 414 g/mol. The van der Waals surface area contributed by atoms with E-state index in [1.54, 1.807) is 18.2 Å². The van der Waals surface area contributed by atoms with Crippen molar-refractivity contribution in [2.75, 3.05) is 36.4 Å². The first-order valence-electron chi connectivity index (χ1n) is 8.55. The minimum atomic E-state index is -0.171. The lowest BCUT2D eigenvalue weighted by Gasteiger charge is -2.36. The van der Waals surface area contributed by atoms with E-state index in [1.165, 1.54) is 4.90 Å². The fourth-order valence-electron chi connectivity index (χ4n) is 3.19. The van der Waals surface area contributed by atoms with E-state index in [0.29, 0.717) is 15.7 Å². The third kappa shape index (κ3) is 4.44. The van der Waals surface area contributed by atoms with Gasteiger partial charge in [-0.3, -0.25) is 4.79 Å². The van der Waals surface area contributed by atoms with Crippen molar-refractivity contribution in [2.24, 2.45) is 0 Å². The molecule has 0 unspecified atom stereocenters. The summed E-state index contributed by atoms with van der Waals surface area (Å²) in [7, 11) is 0. The number of hydrogen-bond donors (Lipinski definition) is 2. The molecule has 7 heteroatoms. The zero-order valence-corrected chi connectivity index (χ0v) is 16.7. The first kappa shape index (κ1) is 19.3. The standard InChI is InChI=1S/C19H20Cl3N3O/c1-13(19(26)23-17-7-6-14(20)12-16(17)22)24-8-10-25(11-9-24)18-5-3-2-4-15(18)21/h2-7,12-13H,8-11H2,1H3,(H,23,26)/p+1/t13-/m0/s1. The molecule has 0 radical (unpaired) electrons. The molecule has 2 aromatic rings. The maximum absolute atomic E-state index is 12.6. The SMILES string of the molecule is C[C@@H](C(=O)Nc1ccc(Cl)cc1Cl)[NH+]1CCN(c2ccccc2Cl)CC1. The number of quaternary nitrogens is 1. The van der Waals surface area contributed by atoms with Gasteiger partial charge >= 0.3 is 0 Å². The molecule has 1 fully saturated rings. The summed E-state index contributed by atoms with van der Waals surface area (Å²) < 4.78 is 0. The number of carbonyl (C=O) groups excluding carboxylic acids is 1. The van der Waals surface area contributed by atoms with Crippen molar-refractivity contribution < 1.29 is 9.69 Å². The molecule has 2 aromatic carbocycles. The lowest BCUT2D eigenvalue weighted by molar-refractivity contribution is -0.914. The molecule has 0 aromatic heterocycles. The highest BCUT2D eigenvalue weighted by Gasteiger charge is 2.30. The van der Waals surface area contributed by atoms with Crippen molar-refractivity contribution in [3.8, 4) is 0 Å². The fourth-order valence-corrected chi connectivity index (χ4v) is 3.90. The first-order valence-corrected chi connectivity index (χ1v) is 9.69. The van der Waals surface area contributed by atoms with Gasteiger partial charge in [-0.1, -0.05) is 46.9 Å². The molecule has 0 bridgehead atoms. The van der Waals surface area contributed by atoms with E-state index in [2.05, 4.69) is 10.2 Å². The molecule has 0 aliphatic carbocycles. The molecular formula is C19H21Cl3N3O+. The molecule has 138 valence electrons. The van der Waals surface area contributed by atoms with Gasteiger partial charge < -0.3 is 15.1 Å². The zero-order valence-electron chi connectivity index (χ0n) is 14.4. The maximum Gasteiger partial charge on any atom is 0.282 e. The van der Waals surface area contributed by atoms with Crippen LogP contribution in [0.1, 0.15) is 6.92 Å². The Morgan fingerprint density at radius 1 is 1.08 bits per heavy atom. The van der Waals surface area contributed by atoms with Crippen molar-refractivity contribution in [3.63, 3.8) is 0 Å². The third-order valence-corrected chi connectivity index (χ3v) is 5.66. The van der Waals surface area contributed by atoms with Crippen LogP contribution in [0.4, 0.5) is 11.4 Å². The van der Waals surface area contributed by atoms with Crippen LogP contribution in [0.5, 0.6) is 0 Å². The summed E-state index contributed by atoms with van der Waals surface area (Å²) in [5, 5.41) is 4.65. The summed E-state index contributed by atoms with van der Waals surface area (Å²) in [5.74, 6) is -0.0459. The maximum atomic E-state index is 12.6. The van der Waals surface area contributed by atoms with Gasteiger partial charge in [-0.05, 0) is 37.3 Å². The second-order valence-electron chi connectivity index (χ2n) is 6.43. The number of piperazine rings is 1. The van der Waals surface area contributed by atoms with Crippen molar-refractivity contribution >= 4 is 52.1 Å². The van der Waals surface area contributed by atoms with Crippen LogP contribution in [0.15, 0.2) is 42.5 Å². The van der Waals surface area contributed by atoms with Crippen LogP contribution in [0.25, 0.3) is 0 Å². The number of anilines is 2.